The SMILES string of the molecule is I[SiH]1C[SiH](I)C1. The Kier molecular flexibility index (Phi) is 2.45. The molecule has 0 spiro atoms. The predicted octanol–water partition coefficient (Wildman–Crippen LogP) is 1.40. The molecule has 6 heavy (non-hydrogen) atoms. The molecule has 1 saturated heterocycles. The van der Waals surface area contributed by atoms with Crippen LogP contribution in [0.5, 0.6) is 0 Å². The first kappa shape index (κ1) is 6.02. The summed E-state index contributed by atoms with van der Waals surface area (Å²) < 4.78 is 0. The average molecular weight is 340 g/mol. The third-order valence-corrected chi connectivity index (χ3v) is 27.5. The minimum atomic E-state index is -0.00278. The molecule has 0 aliphatic carbocycles. The van der Waals surface area contributed by atoms with E-state index in [2.05, 4.69) is 43.6 Å². The second-order valence-electron chi connectivity index (χ2n) is 1.67. The zero-order chi connectivity index (χ0) is 4.57. The van der Waals surface area contributed by atoms with Crippen molar-refractivity contribution in [2.75, 3.05) is 0 Å². The summed E-state index contributed by atoms with van der Waals surface area (Å²) in [4.78, 5) is 0. The molecule has 1 fully saturated rings. The lowest BCUT2D eigenvalue weighted by Gasteiger charge is -2.22. The Balaban J connectivity index is 2.11. The van der Waals surface area contributed by atoms with E-state index in [0.29, 0.717) is 0 Å². The van der Waals surface area contributed by atoms with Crippen molar-refractivity contribution in [3.63, 3.8) is 0 Å². The van der Waals surface area contributed by atoms with Gasteiger partial charge in [0, 0.05) is 0 Å². The lowest BCUT2D eigenvalue weighted by atomic mass is 11.8. The van der Waals surface area contributed by atoms with E-state index in [1.165, 1.54) is 0 Å². The number of hydrogen-bond acceptors (Lipinski definition) is 0. The van der Waals surface area contributed by atoms with Crippen molar-refractivity contribution in [1.29, 1.82) is 0 Å². The van der Waals surface area contributed by atoms with E-state index < -0.39 is 0 Å². The summed E-state index contributed by atoms with van der Waals surface area (Å²) in [7, 11) is 0. The molecule has 0 aromatic heterocycles. The van der Waals surface area contributed by atoms with Gasteiger partial charge in [-0.2, -0.15) is 0 Å². The van der Waals surface area contributed by atoms with E-state index in [0.717, 1.165) is 0 Å². The molecule has 0 radical (unpaired) electrons. The van der Waals surface area contributed by atoms with Crippen molar-refractivity contribution >= 4 is 56.2 Å². The summed E-state index contributed by atoms with van der Waals surface area (Å²) in [5.74, 6) is 0. The molecule has 4 heteroatoms. The third kappa shape index (κ3) is 1.44. The van der Waals surface area contributed by atoms with Crippen LogP contribution in [0.2, 0.25) is 11.3 Å². The van der Waals surface area contributed by atoms with Crippen LogP contribution < -0.4 is 0 Å². The summed E-state index contributed by atoms with van der Waals surface area (Å²) in [5.41, 5.74) is 3.45. The van der Waals surface area contributed by atoms with Crippen molar-refractivity contribution in [3.8, 4) is 0 Å². The number of halogens is 2. The lowest BCUT2D eigenvalue weighted by Crippen LogP contribution is -2.29. The molecule has 0 saturated carbocycles. The first-order chi connectivity index (χ1) is 2.79. The summed E-state index contributed by atoms with van der Waals surface area (Å²) in [6, 6.07) is 0. The first-order valence-corrected chi connectivity index (χ1v) is 13.7. The zero-order valence-electron chi connectivity index (χ0n) is 3.32. The summed E-state index contributed by atoms with van der Waals surface area (Å²) in [5, 5.41) is 0. The van der Waals surface area contributed by atoms with Crippen LogP contribution in [0.25, 0.3) is 0 Å². The number of hydrogen-bond donors (Lipinski definition) is 0. The van der Waals surface area contributed by atoms with Crippen molar-refractivity contribution in [3.05, 3.63) is 0 Å². The fraction of sp³-hybridized carbons (Fsp3) is 1.00. The largest absolute Gasteiger partial charge is 0.124 e. The van der Waals surface area contributed by atoms with Crippen LogP contribution in [0.1, 0.15) is 0 Å². The molecule has 1 heterocycles. The fourth-order valence-corrected chi connectivity index (χ4v) is 44.0. The lowest BCUT2D eigenvalue weighted by molar-refractivity contribution is 1.69. The van der Waals surface area contributed by atoms with E-state index in [-0.39, 0.29) is 12.6 Å². The van der Waals surface area contributed by atoms with Crippen LogP contribution in [0.15, 0.2) is 0 Å². The third-order valence-electron chi connectivity index (χ3n) is 1.02. The molecule has 0 unspecified atom stereocenters. The maximum atomic E-state index is 2.68. The van der Waals surface area contributed by atoms with Gasteiger partial charge in [0.25, 0.3) is 0 Å². The molecule has 0 amide bonds. The van der Waals surface area contributed by atoms with Crippen LogP contribution in [0.3, 0.4) is 0 Å². The topological polar surface area (TPSA) is 0 Å². The number of rotatable bonds is 0. The van der Waals surface area contributed by atoms with Gasteiger partial charge in [-0.15, -0.1) is 43.6 Å². The predicted molar refractivity (Wildman–Crippen MR) is 52.0 cm³/mol. The summed E-state index contributed by atoms with van der Waals surface area (Å²) in [6.45, 7) is 0. The quantitative estimate of drug-likeness (QED) is 0.355. The average Bonchev–Trinajstić information content (AvgIpc) is 1.33. The zero-order valence-corrected chi connectivity index (χ0v) is 9.95. The highest BCUT2D eigenvalue weighted by atomic mass is 127. The van der Waals surface area contributed by atoms with Crippen molar-refractivity contribution in [2.24, 2.45) is 0 Å². The normalized spacial score (nSPS) is 45.0. The van der Waals surface area contributed by atoms with Gasteiger partial charge in [0.15, 0.2) is 0 Å². The Bertz CT molecular complexity index is 45.5. The highest BCUT2D eigenvalue weighted by Crippen LogP contribution is 2.28. The molecule has 36 valence electrons. The van der Waals surface area contributed by atoms with Crippen LogP contribution in [-0.4, -0.2) is 12.6 Å². The maximum Gasteiger partial charge on any atom is 0.105 e. The first-order valence-electron chi connectivity index (χ1n) is 2.07. The Morgan fingerprint density at radius 3 is 1.33 bits per heavy atom. The van der Waals surface area contributed by atoms with Crippen molar-refractivity contribution < 1.29 is 0 Å². The van der Waals surface area contributed by atoms with Gasteiger partial charge in [0.2, 0.25) is 0 Å². The van der Waals surface area contributed by atoms with Gasteiger partial charge in [0.1, 0.15) is 12.6 Å². The van der Waals surface area contributed by atoms with E-state index in [1.54, 1.807) is 11.3 Å². The fourth-order valence-electron chi connectivity index (χ4n) is 0.486. The molecular weight excluding hydrogens is 334 g/mol. The van der Waals surface area contributed by atoms with Gasteiger partial charge in [0.05, 0.1) is 0 Å². The van der Waals surface area contributed by atoms with Crippen LogP contribution in [0, 0.1) is 0 Å². The molecule has 0 atom stereocenters. The monoisotopic (exact) mass is 340 g/mol. The van der Waals surface area contributed by atoms with E-state index in [1.807, 2.05) is 0 Å². The molecule has 1 rings (SSSR count). The van der Waals surface area contributed by atoms with Gasteiger partial charge >= 0.3 is 0 Å². The Hall–Kier alpha value is 1.89. The highest BCUT2D eigenvalue weighted by molar-refractivity contribution is 14.1. The molecule has 0 aromatic carbocycles. The highest BCUT2D eigenvalue weighted by Gasteiger charge is 2.26. The van der Waals surface area contributed by atoms with Gasteiger partial charge in [-0.3, -0.25) is 0 Å². The molecule has 0 N–H and O–H groups in total. The van der Waals surface area contributed by atoms with Gasteiger partial charge in [-0.05, 0) is 11.3 Å². The van der Waals surface area contributed by atoms with Crippen LogP contribution in [0.4, 0.5) is 0 Å². The molecule has 0 aromatic rings. The van der Waals surface area contributed by atoms with Crippen molar-refractivity contribution in [2.45, 2.75) is 11.3 Å². The second kappa shape index (κ2) is 2.45. The summed E-state index contributed by atoms with van der Waals surface area (Å²) in [6.07, 6.45) is -0.00556. The smallest absolute Gasteiger partial charge is 0.105 e. The Morgan fingerprint density at radius 2 is 1.33 bits per heavy atom. The van der Waals surface area contributed by atoms with Gasteiger partial charge in [-0.1, -0.05) is 0 Å². The van der Waals surface area contributed by atoms with E-state index in [9.17, 15) is 0 Å². The Labute approximate surface area is 66.7 Å². The van der Waals surface area contributed by atoms with Crippen molar-refractivity contribution in [1.82, 2.24) is 0 Å². The summed E-state index contributed by atoms with van der Waals surface area (Å²) >= 11 is 5.35. The second-order valence-corrected chi connectivity index (χ2v) is 18.4. The van der Waals surface area contributed by atoms with E-state index in [4.69, 9.17) is 0 Å². The Morgan fingerprint density at radius 1 is 1.00 bits per heavy atom. The standard InChI is InChI=1S/C2H6I2Si2/c3-5-1-6(4)2-5/h5-6H,1-2H2. The van der Waals surface area contributed by atoms with Gasteiger partial charge in [-0.25, -0.2) is 0 Å². The minimum Gasteiger partial charge on any atom is -0.124 e. The van der Waals surface area contributed by atoms with Crippen LogP contribution >= 0.6 is 43.6 Å². The molecule has 1 aliphatic rings. The van der Waals surface area contributed by atoms with E-state index >= 15 is 0 Å². The van der Waals surface area contributed by atoms with Crippen LogP contribution in [-0.2, 0) is 0 Å². The molecule has 0 bridgehead atoms. The maximum absolute atomic E-state index is 2.68. The molecule has 0 nitrogen and oxygen atoms in total. The van der Waals surface area contributed by atoms with Gasteiger partial charge < -0.3 is 0 Å². The minimum absolute atomic E-state index is 0.00278. The molecular formula is C2H6I2Si2. The molecule has 1 aliphatic heterocycles.